The van der Waals surface area contributed by atoms with Crippen LogP contribution in [-0.2, 0) is 41.0 Å². The molecule has 0 spiro atoms. The average molecular weight is 512 g/mol. The Hall–Kier alpha value is -4.16. The van der Waals surface area contributed by atoms with Crippen LogP contribution in [0.3, 0.4) is 0 Å². The molecule has 1 aliphatic carbocycles. The maximum atomic E-state index is 12.7. The number of carboxylic acid groups (broad SMARTS) is 2. The first-order valence-electron chi connectivity index (χ1n) is 12.7. The maximum Gasteiger partial charge on any atom is 0.331 e. The van der Waals surface area contributed by atoms with Crippen molar-refractivity contribution in [3.8, 4) is 5.75 Å². The van der Waals surface area contributed by atoms with Crippen LogP contribution in [0.1, 0.15) is 46.7 Å². The smallest absolute Gasteiger partial charge is 0.331 e. The molecule has 0 radical (unpaired) electrons. The predicted octanol–water partition coefficient (Wildman–Crippen LogP) is 5.50. The van der Waals surface area contributed by atoms with Crippen LogP contribution in [0.25, 0.3) is 0 Å². The minimum Gasteiger partial charge on any atom is -0.489 e. The Bertz CT molecular complexity index is 1410. The van der Waals surface area contributed by atoms with Crippen molar-refractivity contribution in [2.45, 2.75) is 51.7 Å². The molecule has 3 aromatic rings. The third-order valence-electron chi connectivity index (χ3n) is 7.32. The number of hydrogen-bond acceptors (Lipinski definition) is 4. The molecule has 1 aliphatic rings. The van der Waals surface area contributed by atoms with Crippen molar-refractivity contribution in [1.82, 2.24) is 0 Å². The number of carbonyl (C=O) groups is 2. The molecular weight excluding hydrogens is 478 g/mol. The zero-order valence-electron chi connectivity index (χ0n) is 21.7. The van der Waals surface area contributed by atoms with Gasteiger partial charge < -0.3 is 20.7 Å². The molecule has 0 aromatic heterocycles. The first-order chi connectivity index (χ1) is 18.2. The van der Waals surface area contributed by atoms with Crippen molar-refractivity contribution in [3.05, 3.63) is 123 Å². The molecule has 0 fully saturated rings. The standard InChI is InChI=1S/C32H33NO5/c1-21-15-16-32(31(36)37,18-26(21)30(34)35)28-10-6-9-25(19-33)27(28)20-38-29-14-13-24(17-22(29)2)12-11-23-7-4-3-5-8-23/h3-10,13-17H,11-12,18-20,33H2,1-2H3,(H,34,35)(H,36,37). The second kappa shape index (κ2) is 11.5. The lowest BCUT2D eigenvalue weighted by atomic mass is 9.69. The number of hydrogen-bond donors (Lipinski definition) is 3. The van der Waals surface area contributed by atoms with Crippen molar-refractivity contribution in [2.24, 2.45) is 5.73 Å². The minimum atomic E-state index is -1.53. The number of allylic oxidation sites excluding steroid dienone is 2. The van der Waals surface area contributed by atoms with Crippen LogP contribution in [0.15, 0.2) is 90.0 Å². The highest BCUT2D eigenvalue weighted by molar-refractivity contribution is 5.94. The number of nitrogens with two attached hydrogens (primary N) is 1. The zero-order chi connectivity index (χ0) is 27.3. The summed E-state index contributed by atoms with van der Waals surface area (Å²) in [5, 5.41) is 20.1. The van der Waals surface area contributed by atoms with E-state index in [1.165, 1.54) is 11.1 Å². The summed E-state index contributed by atoms with van der Waals surface area (Å²) in [6, 6.07) is 21.8. The molecule has 4 rings (SSSR count). The van der Waals surface area contributed by atoms with Gasteiger partial charge in [0.2, 0.25) is 0 Å². The Balaban J connectivity index is 1.60. The molecule has 3 aromatic carbocycles. The fraction of sp³-hybridized carbons (Fsp3) is 0.250. The van der Waals surface area contributed by atoms with E-state index in [1.54, 1.807) is 31.2 Å². The molecule has 196 valence electrons. The van der Waals surface area contributed by atoms with Gasteiger partial charge in [-0.2, -0.15) is 0 Å². The first-order valence-corrected chi connectivity index (χ1v) is 12.7. The van der Waals surface area contributed by atoms with Gasteiger partial charge in [0.25, 0.3) is 0 Å². The lowest BCUT2D eigenvalue weighted by molar-refractivity contribution is -0.142. The third kappa shape index (κ3) is 5.55. The average Bonchev–Trinajstić information content (AvgIpc) is 2.92. The van der Waals surface area contributed by atoms with Gasteiger partial charge in [0.15, 0.2) is 0 Å². The van der Waals surface area contributed by atoms with Crippen LogP contribution in [0, 0.1) is 6.92 Å². The van der Waals surface area contributed by atoms with Crippen LogP contribution >= 0.6 is 0 Å². The van der Waals surface area contributed by atoms with Gasteiger partial charge in [-0.1, -0.05) is 72.8 Å². The monoisotopic (exact) mass is 511 g/mol. The number of aryl methyl sites for hydroxylation is 3. The summed E-state index contributed by atoms with van der Waals surface area (Å²) >= 11 is 0. The van der Waals surface area contributed by atoms with E-state index in [4.69, 9.17) is 10.5 Å². The summed E-state index contributed by atoms with van der Waals surface area (Å²) in [6.45, 7) is 3.98. The molecule has 38 heavy (non-hydrogen) atoms. The van der Waals surface area contributed by atoms with Crippen LogP contribution in [0.4, 0.5) is 0 Å². The highest BCUT2D eigenvalue weighted by atomic mass is 16.5. The quantitative estimate of drug-likeness (QED) is 0.332. The molecule has 0 saturated heterocycles. The molecule has 0 saturated carbocycles. The Labute approximate surface area is 223 Å². The Kier molecular flexibility index (Phi) is 8.13. The number of aliphatic carboxylic acids is 2. The molecule has 6 nitrogen and oxygen atoms in total. The van der Waals surface area contributed by atoms with E-state index >= 15 is 0 Å². The van der Waals surface area contributed by atoms with Crippen LogP contribution in [0.2, 0.25) is 0 Å². The second-order valence-corrected chi connectivity index (χ2v) is 9.77. The van der Waals surface area contributed by atoms with Crippen LogP contribution < -0.4 is 10.5 Å². The van der Waals surface area contributed by atoms with Crippen molar-refractivity contribution in [3.63, 3.8) is 0 Å². The van der Waals surface area contributed by atoms with E-state index in [2.05, 4.69) is 24.3 Å². The lowest BCUT2D eigenvalue weighted by Crippen LogP contribution is -2.38. The van der Waals surface area contributed by atoms with Gasteiger partial charge in [0, 0.05) is 18.5 Å². The molecule has 6 heteroatoms. The Morgan fingerprint density at radius 3 is 2.34 bits per heavy atom. The largest absolute Gasteiger partial charge is 0.489 e. The lowest BCUT2D eigenvalue weighted by Gasteiger charge is -2.33. The van der Waals surface area contributed by atoms with E-state index in [-0.39, 0.29) is 25.1 Å². The zero-order valence-corrected chi connectivity index (χ0v) is 21.7. The summed E-state index contributed by atoms with van der Waals surface area (Å²) in [7, 11) is 0. The number of ether oxygens (including phenoxy) is 1. The molecule has 0 amide bonds. The van der Waals surface area contributed by atoms with Crippen LogP contribution in [-0.4, -0.2) is 22.2 Å². The highest BCUT2D eigenvalue weighted by Crippen LogP contribution is 2.41. The topological polar surface area (TPSA) is 110 Å². The number of rotatable bonds is 10. The predicted molar refractivity (Wildman–Crippen MR) is 147 cm³/mol. The molecule has 4 N–H and O–H groups in total. The van der Waals surface area contributed by atoms with E-state index in [1.807, 2.05) is 37.3 Å². The molecule has 1 atom stereocenters. The Morgan fingerprint density at radius 1 is 0.947 bits per heavy atom. The molecule has 1 unspecified atom stereocenters. The van der Waals surface area contributed by atoms with E-state index in [9.17, 15) is 19.8 Å². The maximum absolute atomic E-state index is 12.7. The van der Waals surface area contributed by atoms with Gasteiger partial charge in [0.1, 0.15) is 17.8 Å². The van der Waals surface area contributed by atoms with Crippen molar-refractivity contribution in [2.75, 3.05) is 0 Å². The normalized spacial score (nSPS) is 16.9. The summed E-state index contributed by atoms with van der Waals surface area (Å²) in [5.41, 5.74) is 10.5. The molecule has 0 bridgehead atoms. The summed E-state index contributed by atoms with van der Waals surface area (Å²) in [6.07, 6.45) is 4.88. The van der Waals surface area contributed by atoms with Gasteiger partial charge in [0.05, 0.1) is 0 Å². The van der Waals surface area contributed by atoms with Crippen molar-refractivity contribution in [1.29, 1.82) is 0 Å². The first kappa shape index (κ1) is 26.9. The second-order valence-electron chi connectivity index (χ2n) is 9.77. The third-order valence-corrected chi connectivity index (χ3v) is 7.32. The van der Waals surface area contributed by atoms with Gasteiger partial charge >= 0.3 is 11.9 Å². The van der Waals surface area contributed by atoms with Crippen LogP contribution in [0.5, 0.6) is 5.75 Å². The molecule has 0 aliphatic heterocycles. The molecule has 0 heterocycles. The van der Waals surface area contributed by atoms with Crippen molar-refractivity contribution < 1.29 is 24.5 Å². The van der Waals surface area contributed by atoms with Gasteiger partial charge in [-0.05, 0) is 71.7 Å². The SMILES string of the molecule is CC1=C(C(=O)O)CC(C(=O)O)(c2cccc(CN)c2COc2ccc(CCc3ccccc3)cc2C)C=C1. The number of benzene rings is 3. The molecular formula is C32H33NO5. The van der Waals surface area contributed by atoms with Crippen molar-refractivity contribution >= 4 is 11.9 Å². The van der Waals surface area contributed by atoms with E-state index in [0.29, 0.717) is 22.4 Å². The highest BCUT2D eigenvalue weighted by Gasteiger charge is 2.44. The summed E-state index contributed by atoms with van der Waals surface area (Å²) < 4.78 is 6.23. The van der Waals surface area contributed by atoms with Gasteiger partial charge in [-0.25, -0.2) is 4.79 Å². The fourth-order valence-electron chi connectivity index (χ4n) is 5.06. The van der Waals surface area contributed by atoms with Gasteiger partial charge in [-0.15, -0.1) is 0 Å². The van der Waals surface area contributed by atoms with E-state index in [0.717, 1.165) is 24.0 Å². The van der Waals surface area contributed by atoms with E-state index < -0.39 is 17.4 Å². The minimum absolute atomic E-state index is 0.0851. The summed E-state index contributed by atoms with van der Waals surface area (Å²) in [5.74, 6) is -1.53. The summed E-state index contributed by atoms with van der Waals surface area (Å²) in [4.78, 5) is 24.6. The number of carboxylic acids is 2. The van der Waals surface area contributed by atoms with Gasteiger partial charge in [-0.3, -0.25) is 4.79 Å². The fourth-order valence-corrected chi connectivity index (χ4v) is 5.06. The Morgan fingerprint density at radius 2 is 1.68 bits per heavy atom.